The second-order valence-electron chi connectivity index (χ2n) is 8.06. The molecule has 8 nitrogen and oxygen atoms in total. The van der Waals surface area contributed by atoms with Crippen LogP contribution in [0.5, 0.6) is 0 Å². The van der Waals surface area contributed by atoms with Crippen LogP contribution in [0.25, 0.3) is 0 Å². The zero-order valence-corrected chi connectivity index (χ0v) is 18.8. The summed E-state index contributed by atoms with van der Waals surface area (Å²) >= 11 is 0. The predicted molar refractivity (Wildman–Crippen MR) is 121 cm³/mol. The monoisotopic (exact) mass is 408 g/mol. The normalized spacial score (nSPS) is 19.1. The van der Waals surface area contributed by atoms with Crippen LogP contribution in [0, 0.1) is 6.92 Å². The van der Waals surface area contributed by atoms with Crippen LogP contribution < -0.4 is 4.90 Å². The molecular weight excluding hydrogens is 376 g/mol. The van der Waals surface area contributed by atoms with E-state index >= 15 is 0 Å². The molecule has 1 saturated heterocycles. The molecular formula is C22H32N8. The molecule has 0 N–H and O–H groups in total. The summed E-state index contributed by atoms with van der Waals surface area (Å²) < 4.78 is 1.88. The van der Waals surface area contributed by atoms with Crippen LogP contribution in [-0.4, -0.2) is 62.4 Å². The lowest BCUT2D eigenvalue weighted by Gasteiger charge is -2.31. The number of rotatable bonds is 6. The molecule has 1 atom stereocenters. The number of piperidine rings is 1. The van der Waals surface area contributed by atoms with Gasteiger partial charge < -0.3 is 4.90 Å². The maximum Gasteiger partial charge on any atom is 0.205 e. The molecule has 4 rings (SSSR count). The summed E-state index contributed by atoms with van der Waals surface area (Å²) in [5, 5.41) is 13.7. The molecule has 0 bridgehead atoms. The van der Waals surface area contributed by atoms with E-state index in [2.05, 4.69) is 40.8 Å². The smallest absolute Gasteiger partial charge is 0.205 e. The first kappa shape index (κ1) is 20.7. The molecule has 0 aliphatic carbocycles. The minimum absolute atomic E-state index is 0.194. The van der Waals surface area contributed by atoms with Crippen LogP contribution in [0.15, 0.2) is 22.2 Å². The molecule has 0 aromatic carbocycles. The molecule has 1 fully saturated rings. The van der Waals surface area contributed by atoms with Crippen molar-refractivity contribution in [2.75, 3.05) is 31.1 Å². The van der Waals surface area contributed by atoms with Crippen LogP contribution >= 0.6 is 0 Å². The first-order valence-corrected chi connectivity index (χ1v) is 11.1. The lowest BCUT2D eigenvalue weighted by atomic mass is 10.1. The fourth-order valence-corrected chi connectivity index (χ4v) is 4.26. The van der Waals surface area contributed by atoms with Gasteiger partial charge in [-0.15, -0.1) is 10.2 Å². The minimum atomic E-state index is 0.194. The summed E-state index contributed by atoms with van der Waals surface area (Å²) in [4.78, 5) is 14.4. The van der Waals surface area contributed by atoms with Gasteiger partial charge in [0.05, 0.1) is 23.1 Å². The van der Waals surface area contributed by atoms with Gasteiger partial charge in [0, 0.05) is 13.1 Å². The van der Waals surface area contributed by atoms with Gasteiger partial charge in [-0.1, -0.05) is 6.42 Å². The molecule has 2 aromatic rings. The standard InChI is InChI=1S/C22H32N8/c1-6-28(7-2)19-12-11-18(15(3)23-19)24-20-16(4)27-30-21(25-26-22(20)30)17(5)29-13-9-8-10-14-29/h11-12,17H,6-10,13-14H2,1-5H3. The number of nitrogens with zero attached hydrogens (tertiary/aromatic N) is 8. The molecule has 0 amide bonds. The Kier molecular flexibility index (Phi) is 5.94. The number of pyridine rings is 1. The largest absolute Gasteiger partial charge is 0.357 e. The number of aryl methyl sites for hydroxylation is 1. The molecule has 8 heteroatoms. The predicted octanol–water partition coefficient (Wildman–Crippen LogP) is 3.73. The van der Waals surface area contributed by atoms with Crippen molar-refractivity contribution >= 4 is 22.9 Å². The highest BCUT2D eigenvalue weighted by atomic mass is 15.5. The van der Waals surface area contributed by atoms with Crippen LogP contribution in [0.1, 0.15) is 70.3 Å². The fraction of sp³-hybridized carbons (Fsp3) is 0.591. The molecule has 2 aromatic heterocycles. The third kappa shape index (κ3) is 3.76. The van der Waals surface area contributed by atoms with Gasteiger partial charge in [-0.2, -0.15) is 9.78 Å². The van der Waals surface area contributed by atoms with Crippen LogP contribution in [-0.2, 0) is 0 Å². The van der Waals surface area contributed by atoms with Gasteiger partial charge in [-0.05, 0) is 72.7 Å². The van der Waals surface area contributed by atoms with Gasteiger partial charge in [0.2, 0.25) is 5.82 Å². The van der Waals surface area contributed by atoms with Crippen LogP contribution in [0.2, 0.25) is 0 Å². The van der Waals surface area contributed by atoms with Crippen molar-refractivity contribution in [2.45, 2.75) is 59.9 Å². The number of hydrogen-bond acceptors (Lipinski definition) is 7. The Bertz CT molecular complexity index is 964. The molecule has 4 heterocycles. The van der Waals surface area contributed by atoms with Crippen molar-refractivity contribution in [3.05, 3.63) is 29.5 Å². The lowest BCUT2D eigenvalue weighted by molar-refractivity contribution is 0.166. The van der Waals surface area contributed by atoms with E-state index in [-0.39, 0.29) is 6.04 Å². The van der Waals surface area contributed by atoms with Gasteiger partial charge >= 0.3 is 0 Å². The van der Waals surface area contributed by atoms with Gasteiger partial charge in [-0.25, -0.2) is 9.98 Å². The van der Waals surface area contributed by atoms with E-state index in [1.165, 1.54) is 19.3 Å². The molecule has 0 spiro atoms. The minimum Gasteiger partial charge on any atom is -0.357 e. The van der Waals surface area contributed by atoms with E-state index < -0.39 is 0 Å². The van der Waals surface area contributed by atoms with E-state index in [0.717, 1.165) is 66.5 Å². The van der Waals surface area contributed by atoms with Crippen molar-refractivity contribution in [3.8, 4) is 0 Å². The molecule has 0 radical (unpaired) electrons. The summed E-state index contributed by atoms with van der Waals surface area (Å²) in [6.45, 7) is 14.5. The highest BCUT2D eigenvalue weighted by Gasteiger charge is 2.30. The third-order valence-corrected chi connectivity index (χ3v) is 6.14. The first-order chi connectivity index (χ1) is 14.5. The summed E-state index contributed by atoms with van der Waals surface area (Å²) in [5.74, 6) is 2.60. The van der Waals surface area contributed by atoms with E-state index in [4.69, 9.17) is 15.1 Å². The second-order valence-corrected chi connectivity index (χ2v) is 8.06. The molecule has 2 aliphatic rings. The Morgan fingerprint density at radius 3 is 2.47 bits per heavy atom. The fourth-order valence-electron chi connectivity index (χ4n) is 4.26. The molecule has 2 aliphatic heterocycles. The van der Waals surface area contributed by atoms with Crippen molar-refractivity contribution in [3.63, 3.8) is 0 Å². The van der Waals surface area contributed by atoms with Gasteiger partial charge in [0.25, 0.3) is 0 Å². The van der Waals surface area contributed by atoms with Crippen molar-refractivity contribution in [1.29, 1.82) is 0 Å². The number of aromatic nitrogens is 4. The highest BCUT2D eigenvalue weighted by Crippen LogP contribution is 2.27. The zero-order chi connectivity index (χ0) is 21.3. The summed E-state index contributed by atoms with van der Waals surface area (Å²) in [6, 6.07) is 4.27. The topological polar surface area (TPSA) is 74.8 Å². The Morgan fingerprint density at radius 1 is 1.07 bits per heavy atom. The Balaban J connectivity index is 1.63. The Labute approximate surface area is 178 Å². The van der Waals surface area contributed by atoms with Crippen molar-refractivity contribution < 1.29 is 0 Å². The Hall–Kier alpha value is -2.61. The maximum absolute atomic E-state index is 4.89. The van der Waals surface area contributed by atoms with E-state index in [9.17, 15) is 0 Å². The summed E-state index contributed by atoms with van der Waals surface area (Å²) in [5.41, 5.74) is 3.39. The third-order valence-electron chi connectivity index (χ3n) is 6.14. The molecule has 30 heavy (non-hydrogen) atoms. The second kappa shape index (κ2) is 8.63. The van der Waals surface area contributed by atoms with E-state index in [0.29, 0.717) is 0 Å². The molecule has 160 valence electrons. The summed E-state index contributed by atoms with van der Waals surface area (Å²) in [7, 11) is 0. The van der Waals surface area contributed by atoms with Gasteiger partial charge in [0.15, 0.2) is 5.82 Å². The van der Waals surface area contributed by atoms with Crippen molar-refractivity contribution in [1.82, 2.24) is 24.8 Å². The molecule has 0 saturated carbocycles. The van der Waals surface area contributed by atoms with Crippen molar-refractivity contribution in [2.24, 2.45) is 10.1 Å². The number of anilines is 1. The van der Waals surface area contributed by atoms with E-state index in [1.54, 1.807) is 0 Å². The number of hydrogen-bond donors (Lipinski definition) is 0. The number of aliphatic imine (C=N–C) groups is 1. The quantitative estimate of drug-likeness (QED) is 0.728. The number of fused-ring (bicyclic) bond motifs is 1. The van der Waals surface area contributed by atoms with Gasteiger partial charge in [-0.3, -0.25) is 4.90 Å². The van der Waals surface area contributed by atoms with Crippen LogP contribution in [0.3, 0.4) is 0 Å². The lowest BCUT2D eigenvalue weighted by Crippen LogP contribution is -2.33. The van der Waals surface area contributed by atoms with Crippen LogP contribution in [0.4, 0.5) is 11.5 Å². The Morgan fingerprint density at radius 2 is 1.80 bits per heavy atom. The first-order valence-electron chi connectivity index (χ1n) is 11.1. The SMILES string of the molecule is CCN(CC)c1ccc(N=C2C(C)=Nn3c2nnc3C(C)N2CCCCC2)c(C)n1. The average molecular weight is 409 g/mol. The highest BCUT2D eigenvalue weighted by molar-refractivity contribution is 6.48. The maximum atomic E-state index is 4.89. The molecule has 1 unspecified atom stereocenters. The number of likely N-dealkylation sites (tertiary alicyclic amines) is 1. The zero-order valence-electron chi connectivity index (χ0n) is 18.8. The van der Waals surface area contributed by atoms with Gasteiger partial charge in [0.1, 0.15) is 11.5 Å². The summed E-state index contributed by atoms with van der Waals surface area (Å²) in [6.07, 6.45) is 3.81. The van der Waals surface area contributed by atoms with E-state index in [1.807, 2.05) is 30.7 Å². The average Bonchev–Trinajstić information content (AvgIpc) is 3.30.